The van der Waals surface area contributed by atoms with Crippen molar-refractivity contribution in [2.45, 2.75) is 11.8 Å². The Morgan fingerprint density at radius 3 is 2.23 bits per heavy atom. The summed E-state index contributed by atoms with van der Waals surface area (Å²) in [4.78, 5) is -0.0136. The van der Waals surface area contributed by atoms with Crippen molar-refractivity contribution in [3.8, 4) is 17.1 Å². The molecule has 1 N–H and O–H groups in total. The minimum Gasteiger partial charge on any atom is -0.477 e. The van der Waals surface area contributed by atoms with Crippen molar-refractivity contribution in [3.05, 3.63) is 66.5 Å². The number of nitrogens with one attached hydrogen (secondary N) is 1. The van der Waals surface area contributed by atoms with Crippen LogP contribution in [0.25, 0.3) is 11.3 Å². The van der Waals surface area contributed by atoms with E-state index in [9.17, 15) is 12.8 Å². The van der Waals surface area contributed by atoms with Crippen molar-refractivity contribution >= 4 is 15.7 Å². The lowest BCUT2D eigenvalue weighted by atomic mass is 10.1. The van der Waals surface area contributed by atoms with Crippen LogP contribution in [0.5, 0.6) is 5.88 Å². The molecule has 26 heavy (non-hydrogen) atoms. The topological polar surface area (TPSA) is 81.2 Å². The third-order valence-corrected chi connectivity index (χ3v) is 4.89. The highest BCUT2D eigenvalue weighted by Gasteiger charge is 2.14. The van der Waals surface area contributed by atoms with Gasteiger partial charge in [0.25, 0.3) is 10.0 Å². The third kappa shape index (κ3) is 4.15. The van der Waals surface area contributed by atoms with Crippen molar-refractivity contribution < 1.29 is 17.5 Å². The van der Waals surface area contributed by atoms with Crippen molar-refractivity contribution in [2.75, 3.05) is 11.3 Å². The SMILES string of the molecule is CCOc1ccc(-c2ccc(NS(=O)(=O)c3ccc(F)cc3)cc2)nn1. The van der Waals surface area contributed by atoms with Gasteiger partial charge in [-0.15, -0.1) is 10.2 Å². The average molecular weight is 373 g/mol. The number of ether oxygens (including phenoxy) is 1. The summed E-state index contributed by atoms with van der Waals surface area (Å²) in [6, 6.07) is 14.8. The predicted molar refractivity (Wildman–Crippen MR) is 95.8 cm³/mol. The molecular weight excluding hydrogens is 357 g/mol. The number of hydrogen-bond acceptors (Lipinski definition) is 5. The summed E-state index contributed by atoms with van der Waals surface area (Å²) < 4.78 is 45.2. The van der Waals surface area contributed by atoms with Gasteiger partial charge in [0.2, 0.25) is 5.88 Å². The fourth-order valence-corrected chi connectivity index (χ4v) is 3.29. The molecule has 0 radical (unpaired) electrons. The zero-order valence-electron chi connectivity index (χ0n) is 13.9. The first-order valence-corrected chi connectivity index (χ1v) is 9.31. The number of rotatable bonds is 6. The normalized spacial score (nSPS) is 11.2. The predicted octanol–water partition coefficient (Wildman–Crippen LogP) is 3.48. The van der Waals surface area contributed by atoms with Crippen molar-refractivity contribution in [1.29, 1.82) is 0 Å². The second kappa shape index (κ2) is 7.49. The van der Waals surface area contributed by atoms with Crippen LogP contribution in [0.3, 0.4) is 0 Å². The van der Waals surface area contributed by atoms with Gasteiger partial charge in [-0.1, -0.05) is 12.1 Å². The third-order valence-electron chi connectivity index (χ3n) is 3.49. The summed E-state index contributed by atoms with van der Waals surface area (Å²) in [5.74, 6) is -0.0512. The fourth-order valence-electron chi connectivity index (χ4n) is 2.24. The molecule has 1 heterocycles. The minimum atomic E-state index is -3.78. The molecule has 0 aliphatic carbocycles. The number of aromatic nitrogens is 2. The van der Waals surface area contributed by atoms with Crippen LogP contribution >= 0.6 is 0 Å². The Morgan fingerprint density at radius 2 is 1.65 bits per heavy atom. The van der Waals surface area contributed by atoms with E-state index < -0.39 is 15.8 Å². The molecule has 3 rings (SSSR count). The summed E-state index contributed by atoms with van der Waals surface area (Å²) in [5.41, 5.74) is 1.81. The maximum Gasteiger partial charge on any atom is 0.261 e. The summed E-state index contributed by atoms with van der Waals surface area (Å²) in [5, 5.41) is 8.04. The Kier molecular flexibility index (Phi) is 5.13. The quantitative estimate of drug-likeness (QED) is 0.715. The first-order chi connectivity index (χ1) is 12.5. The number of nitrogens with zero attached hydrogens (tertiary/aromatic N) is 2. The molecule has 0 unspecified atom stereocenters. The van der Waals surface area contributed by atoms with Gasteiger partial charge in [0.05, 0.1) is 17.2 Å². The number of hydrogen-bond donors (Lipinski definition) is 1. The summed E-state index contributed by atoms with van der Waals surface area (Å²) in [7, 11) is -3.78. The molecule has 0 fully saturated rings. The van der Waals surface area contributed by atoms with Crippen LogP contribution in [0.15, 0.2) is 65.6 Å². The molecule has 0 spiro atoms. The highest BCUT2D eigenvalue weighted by atomic mass is 32.2. The number of anilines is 1. The number of sulfonamides is 1. The first-order valence-electron chi connectivity index (χ1n) is 7.83. The Morgan fingerprint density at radius 1 is 0.962 bits per heavy atom. The maximum absolute atomic E-state index is 12.9. The van der Waals surface area contributed by atoms with E-state index in [1.807, 2.05) is 6.92 Å². The Labute approximate surface area is 150 Å². The molecule has 0 saturated carbocycles. The number of benzene rings is 2. The molecule has 0 amide bonds. The van der Waals surface area contributed by atoms with E-state index in [1.165, 1.54) is 12.1 Å². The smallest absolute Gasteiger partial charge is 0.261 e. The molecule has 0 aliphatic heterocycles. The van der Waals surface area contributed by atoms with Crippen molar-refractivity contribution in [2.24, 2.45) is 0 Å². The number of halogens is 1. The second-order valence-corrected chi connectivity index (χ2v) is 7.01. The van der Waals surface area contributed by atoms with Gasteiger partial charge in [-0.25, -0.2) is 12.8 Å². The molecule has 0 bridgehead atoms. The van der Waals surface area contributed by atoms with Gasteiger partial charge in [0, 0.05) is 17.3 Å². The van der Waals surface area contributed by atoms with Crippen LogP contribution < -0.4 is 9.46 Å². The van der Waals surface area contributed by atoms with E-state index in [-0.39, 0.29) is 4.90 Å². The van der Waals surface area contributed by atoms with E-state index >= 15 is 0 Å². The van der Waals surface area contributed by atoms with E-state index in [1.54, 1.807) is 36.4 Å². The maximum atomic E-state index is 12.9. The van der Waals surface area contributed by atoms with Crippen molar-refractivity contribution in [3.63, 3.8) is 0 Å². The van der Waals surface area contributed by atoms with E-state index in [0.717, 1.165) is 17.7 Å². The monoisotopic (exact) mass is 373 g/mol. The molecule has 1 aromatic heterocycles. The summed E-state index contributed by atoms with van der Waals surface area (Å²) in [6.45, 7) is 2.37. The van der Waals surface area contributed by atoms with Crippen LogP contribution in [-0.2, 0) is 10.0 Å². The van der Waals surface area contributed by atoms with Gasteiger partial charge < -0.3 is 4.74 Å². The summed E-state index contributed by atoms with van der Waals surface area (Å²) in [6.07, 6.45) is 0. The Bertz CT molecular complexity index is 974. The fraction of sp³-hybridized carbons (Fsp3) is 0.111. The zero-order chi connectivity index (χ0) is 18.6. The van der Waals surface area contributed by atoms with Crippen molar-refractivity contribution in [1.82, 2.24) is 10.2 Å². The second-order valence-electron chi connectivity index (χ2n) is 5.33. The van der Waals surface area contributed by atoms with Crippen LogP contribution in [0.1, 0.15) is 6.92 Å². The Balaban J connectivity index is 1.76. The van der Waals surface area contributed by atoms with Crippen LogP contribution in [0.2, 0.25) is 0 Å². The van der Waals surface area contributed by atoms with Gasteiger partial charge in [-0.2, -0.15) is 0 Å². The molecular formula is C18H16FN3O3S. The van der Waals surface area contributed by atoms with E-state index in [0.29, 0.717) is 23.9 Å². The lowest BCUT2D eigenvalue weighted by Gasteiger charge is -2.09. The molecule has 6 nitrogen and oxygen atoms in total. The van der Waals surface area contributed by atoms with Crippen LogP contribution in [-0.4, -0.2) is 25.2 Å². The first kappa shape index (κ1) is 17.8. The lowest BCUT2D eigenvalue weighted by molar-refractivity contribution is 0.323. The molecule has 3 aromatic rings. The van der Waals surface area contributed by atoms with Gasteiger partial charge in [-0.3, -0.25) is 4.72 Å². The summed E-state index contributed by atoms with van der Waals surface area (Å²) >= 11 is 0. The standard InChI is InChI=1S/C18H16FN3O3S/c1-2-25-18-12-11-17(20-21-18)13-3-7-15(8-4-13)22-26(23,24)16-9-5-14(19)6-10-16/h3-12,22H,2H2,1H3. The van der Waals surface area contributed by atoms with Crippen LogP contribution in [0, 0.1) is 5.82 Å². The van der Waals surface area contributed by atoms with Gasteiger partial charge in [-0.05, 0) is 49.4 Å². The molecule has 0 atom stereocenters. The highest BCUT2D eigenvalue weighted by Crippen LogP contribution is 2.22. The molecule has 2 aromatic carbocycles. The molecule has 8 heteroatoms. The van der Waals surface area contributed by atoms with Gasteiger partial charge in [0.1, 0.15) is 5.82 Å². The van der Waals surface area contributed by atoms with Crippen LogP contribution in [0.4, 0.5) is 10.1 Å². The van der Waals surface area contributed by atoms with Gasteiger partial charge >= 0.3 is 0 Å². The largest absolute Gasteiger partial charge is 0.477 e. The lowest BCUT2D eigenvalue weighted by Crippen LogP contribution is -2.12. The van der Waals surface area contributed by atoms with Gasteiger partial charge in [0.15, 0.2) is 0 Å². The Hall–Kier alpha value is -3.00. The average Bonchev–Trinajstić information content (AvgIpc) is 2.63. The van der Waals surface area contributed by atoms with E-state index in [2.05, 4.69) is 14.9 Å². The molecule has 0 saturated heterocycles. The minimum absolute atomic E-state index is 0.0136. The van der Waals surface area contributed by atoms with E-state index in [4.69, 9.17) is 4.74 Å². The molecule has 0 aliphatic rings. The molecule has 134 valence electrons. The highest BCUT2D eigenvalue weighted by molar-refractivity contribution is 7.92. The zero-order valence-corrected chi connectivity index (χ0v) is 14.7.